The summed E-state index contributed by atoms with van der Waals surface area (Å²) in [5.74, 6) is 0.606. The lowest BCUT2D eigenvalue weighted by molar-refractivity contribution is 0.312. The van der Waals surface area contributed by atoms with E-state index in [9.17, 15) is 0 Å². The van der Waals surface area contributed by atoms with Gasteiger partial charge >= 0.3 is 0 Å². The zero-order valence-electron chi connectivity index (χ0n) is 11.7. The maximum absolute atomic E-state index is 6.12. The average molecular weight is 334 g/mol. The van der Waals surface area contributed by atoms with E-state index in [1.165, 1.54) is 37.8 Å². The summed E-state index contributed by atoms with van der Waals surface area (Å²) in [6.45, 7) is 2.33. The number of hydrogen-bond donors (Lipinski definition) is 2. The van der Waals surface area contributed by atoms with Crippen molar-refractivity contribution in [1.29, 1.82) is 0 Å². The molecule has 1 saturated carbocycles. The number of aromatic amines is 1. The zero-order chi connectivity index (χ0) is 14.2. The van der Waals surface area contributed by atoms with Crippen molar-refractivity contribution in [1.82, 2.24) is 10.2 Å². The third-order valence-corrected chi connectivity index (χ3v) is 5.02. The molecule has 1 fully saturated rings. The second-order valence-electron chi connectivity index (χ2n) is 5.99. The van der Waals surface area contributed by atoms with Gasteiger partial charge in [-0.05, 0) is 30.5 Å². The minimum absolute atomic E-state index is 0.172. The lowest BCUT2D eigenvalue weighted by Gasteiger charge is -2.33. The first-order valence-electron chi connectivity index (χ1n) is 7.20. The molecule has 0 saturated heterocycles. The van der Waals surface area contributed by atoms with Gasteiger partial charge in [-0.25, -0.2) is 0 Å². The first-order chi connectivity index (χ1) is 9.60. The molecule has 0 atom stereocenters. The molecule has 1 aliphatic rings. The lowest BCUT2D eigenvalue weighted by atomic mass is 9.72. The van der Waals surface area contributed by atoms with E-state index in [0.717, 1.165) is 15.6 Å². The normalized spacial score (nSPS) is 18.1. The highest BCUT2D eigenvalue weighted by Crippen LogP contribution is 2.43. The average Bonchev–Trinajstić information content (AvgIpc) is 2.83. The number of nitrogens with one attached hydrogen (secondary N) is 1. The van der Waals surface area contributed by atoms with E-state index in [-0.39, 0.29) is 5.41 Å². The fraction of sp³-hybridized carbons (Fsp3) is 0.438. The van der Waals surface area contributed by atoms with Gasteiger partial charge in [-0.15, -0.1) is 0 Å². The number of anilines is 1. The van der Waals surface area contributed by atoms with Crippen LogP contribution in [0.25, 0.3) is 11.1 Å². The van der Waals surface area contributed by atoms with Crippen molar-refractivity contribution in [2.75, 3.05) is 5.73 Å². The lowest BCUT2D eigenvalue weighted by Crippen LogP contribution is -2.26. The van der Waals surface area contributed by atoms with Gasteiger partial charge in [-0.3, -0.25) is 5.10 Å². The van der Waals surface area contributed by atoms with Crippen LogP contribution in [0.1, 0.15) is 44.7 Å². The molecule has 0 amide bonds. The number of nitrogens with zero attached hydrogens (tertiary/aromatic N) is 1. The van der Waals surface area contributed by atoms with E-state index < -0.39 is 0 Å². The van der Waals surface area contributed by atoms with Crippen molar-refractivity contribution in [2.24, 2.45) is 0 Å². The summed E-state index contributed by atoms with van der Waals surface area (Å²) >= 11 is 3.48. The van der Waals surface area contributed by atoms with Gasteiger partial charge in [0.15, 0.2) is 5.82 Å². The van der Waals surface area contributed by atoms with Gasteiger partial charge in [-0.2, -0.15) is 5.10 Å². The molecule has 0 radical (unpaired) electrons. The monoisotopic (exact) mass is 333 g/mol. The quantitative estimate of drug-likeness (QED) is 0.840. The summed E-state index contributed by atoms with van der Waals surface area (Å²) in [6.07, 6.45) is 6.33. The van der Waals surface area contributed by atoms with Crippen LogP contribution in [-0.4, -0.2) is 10.2 Å². The molecular formula is C16H20BrN3. The van der Waals surface area contributed by atoms with E-state index in [0.29, 0.717) is 5.82 Å². The first kappa shape index (κ1) is 13.7. The van der Waals surface area contributed by atoms with E-state index in [2.05, 4.69) is 57.3 Å². The summed E-state index contributed by atoms with van der Waals surface area (Å²) in [5.41, 5.74) is 9.73. The first-order valence-corrected chi connectivity index (χ1v) is 8.00. The molecule has 4 heteroatoms. The standard InChI is InChI=1S/C16H20BrN3/c1-16(9-3-2-4-10-16)14-13(15(18)20-19-14)11-5-7-12(17)8-6-11/h5-8H,2-4,9-10H2,1H3,(H3,18,19,20). The van der Waals surface area contributed by atoms with Crippen LogP contribution in [0, 0.1) is 0 Å². The van der Waals surface area contributed by atoms with Gasteiger partial charge in [0.1, 0.15) is 0 Å². The Morgan fingerprint density at radius 2 is 1.80 bits per heavy atom. The van der Waals surface area contributed by atoms with Crippen LogP contribution >= 0.6 is 15.9 Å². The maximum atomic E-state index is 6.12. The van der Waals surface area contributed by atoms with E-state index in [4.69, 9.17) is 5.73 Å². The highest BCUT2D eigenvalue weighted by molar-refractivity contribution is 9.10. The van der Waals surface area contributed by atoms with E-state index in [1.807, 2.05) is 0 Å². The van der Waals surface area contributed by atoms with Gasteiger partial charge in [-0.1, -0.05) is 54.2 Å². The SMILES string of the molecule is CC1(c2[nH]nc(N)c2-c2ccc(Br)cc2)CCCCC1. The predicted octanol–water partition coefficient (Wildman–Crippen LogP) is 4.64. The Labute approximate surface area is 128 Å². The molecular weight excluding hydrogens is 314 g/mol. The van der Waals surface area contributed by atoms with Crippen molar-refractivity contribution < 1.29 is 0 Å². The highest BCUT2D eigenvalue weighted by Gasteiger charge is 2.33. The molecule has 1 heterocycles. The van der Waals surface area contributed by atoms with Crippen molar-refractivity contribution in [3.05, 3.63) is 34.4 Å². The Morgan fingerprint density at radius 1 is 1.15 bits per heavy atom. The summed E-state index contributed by atoms with van der Waals surface area (Å²) < 4.78 is 1.08. The number of aromatic nitrogens is 2. The summed E-state index contributed by atoms with van der Waals surface area (Å²) in [4.78, 5) is 0. The van der Waals surface area contributed by atoms with Crippen LogP contribution in [-0.2, 0) is 5.41 Å². The molecule has 20 heavy (non-hydrogen) atoms. The van der Waals surface area contributed by atoms with Crippen molar-refractivity contribution >= 4 is 21.7 Å². The van der Waals surface area contributed by atoms with Gasteiger partial charge in [0.25, 0.3) is 0 Å². The predicted molar refractivity (Wildman–Crippen MR) is 86.6 cm³/mol. The molecule has 3 rings (SSSR count). The minimum atomic E-state index is 0.172. The minimum Gasteiger partial charge on any atom is -0.382 e. The summed E-state index contributed by atoms with van der Waals surface area (Å²) in [7, 11) is 0. The maximum Gasteiger partial charge on any atom is 0.153 e. The molecule has 0 spiro atoms. The molecule has 3 N–H and O–H groups in total. The Kier molecular flexibility index (Phi) is 3.59. The fourth-order valence-electron chi connectivity index (χ4n) is 3.28. The molecule has 3 nitrogen and oxygen atoms in total. The Hall–Kier alpha value is -1.29. The topological polar surface area (TPSA) is 54.7 Å². The Morgan fingerprint density at radius 3 is 2.45 bits per heavy atom. The Balaban J connectivity index is 2.07. The van der Waals surface area contributed by atoms with E-state index >= 15 is 0 Å². The van der Waals surface area contributed by atoms with Crippen molar-refractivity contribution in [3.8, 4) is 11.1 Å². The van der Waals surface area contributed by atoms with Crippen LogP contribution in [0.2, 0.25) is 0 Å². The van der Waals surface area contributed by atoms with Crippen LogP contribution in [0.3, 0.4) is 0 Å². The van der Waals surface area contributed by atoms with Crippen LogP contribution < -0.4 is 5.73 Å². The smallest absolute Gasteiger partial charge is 0.153 e. The number of nitrogen functional groups attached to an aromatic ring is 1. The molecule has 1 aliphatic carbocycles. The summed E-state index contributed by atoms with van der Waals surface area (Å²) in [6, 6.07) is 8.30. The fourth-order valence-corrected chi connectivity index (χ4v) is 3.55. The van der Waals surface area contributed by atoms with Crippen molar-refractivity contribution in [3.63, 3.8) is 0 Å². The van der Waals surface area contributed by atoms with E-state index in [1.54, 1.807) is 0 Å². The van der Waals surface area contributed by atoms with Gasteiger partial charge in [0, 0.05) is 15.5 Å². The highest BCUT2D eigenvalue weighted by atomic mass is 79.9. The third-order valence-electron chi connectivity index (χ3n) is 4.49. The number of halogens is 1. The van der Waals surface area contributed by atoms with Gasteiger partial charge in [0.2, 0.25) is 0 Å². The molecule has 2 aromatic rings. The number of H-pyrrole nitrogens is 1. The van der Waals surface area contributed by atoms with Gasteiger partial charge in [0.05, 0.1) is 5.69 Å². The summed E-state index contributed by atoms with van der Waals surface area (Å²) in [5, 5.41) is 7.49. The number of nitrogens with two attached hydrogens (primary N) is 1. The van der Waals surface area contributed by atoms with Gasteiger partial charge < -0.3 is 5.73 Å². The van der Waals surface area contributed by atoms with Crippen LogP contribution in [0.15, 0.2) is 28.7 Å². The number of rotatable bonds is 2. The Bertz CT molecular complexity index is 595. The zero-order valence-corrected chi connectivity index (χ0v) is 13.3. The van der Waals surface area contributed by atoms with Crippen molar-refractivity contribution in [2.45, 2.75) is 44.4 Å². The molecule has 1 aromatic carbocycles. The second kappa shape index (κ2) is 5.24. The molecule has 0 unspecified atom stereocenters. The molecule has 106 valence electrons. The molecule has 1 aromatic heterocycles. The third kappa shape index (κ3) is 2.37. The molecule has 0 aliphatic heterocycles. The largest absolute Gasteiger partial charge is 0.382 e. The van der Waals surface area contributed by atoms with Crippen LogP contribution in [0.4, 0.5) is 5.82 Å². The second-order valence-corrected chi connectivity index (χ2v) is 6.90. The molecule has 0 bridgehead atoms. The van der Waals surface area contributed by atoms with Crippen LogP contribution in [0.5, 0.6) is 0 Å². The number of benzene rings is 1. The number of hydrogen-bond acceptors (Lipinski definition) is 2.